The predicted octanol–water partition coefficient (Wildman–Crippen LogP) is 4.17. The van der Waals surface area contributed by atoms with E-state index in [1.165, 1.54) is 18.6 Å². The van der Waals surface area contributed by atoms with Crippen LogP contribution in [0, 0.1) is 6.92 Å². The third kappa shape index (κ3) is 5.21. The normalized spacial score (nSPS) is 11.2. The Bertz CT molecular complexity index is 1050. The first-order valence-corrected chi connectivity index (χ1v) is 11.0. The molecule has 3 rings (SSSR count). The first-order valence-electron chi connectivity index (χ1n) is 8.78. The lowest BCUT2D eigenvalue weighted by Gasteiger charge is -2.07. The molecule has 1 amide bonds. The third-order valence-electron chi connectivity index (χ3n) is 4.07. The Hall–Kier alpha value is -2.64. The number of nitrogens with one attached hydrogen (secondary N) is 1. The van der Waals surface area contributed by atoms with Crippen LogP contribution in [0.1, 0.15) is 17.4 Å². The predicted molar refractivity (Wildman–Crippen MR) is 111 cm³/mol. The molecule has 0 radical (unpaired) electrons. The van der Waals surface area contributed by atoms with Crippen LogP contribution in [0.3, 0.4) is 0 Å². The number of carbonyl (C=O) groups excluding carboxylic acids is 1. The number of carbonyl (C=O) groups is 1. The average molecular weight is 416 g/mol. The fourth-order valence-electron chi connectivity index (χ4n) is 2.61. The summed E-state index contributed by atoms with van der Waals surface area (Å²) >= 11 is 1.15. The van der Waals surface area contributed by atoms with Gasteiger partial charge >= 0.3 is 10.1 Å². The fourth-order valence-corrected chi connectivity index (χ4v) is 4.85. The summed E-state index contributed by atoms with van der Waals surface area (Å²) in [6, 6.07) is 18.4. The van der Waals surface area contributed by atoms with Gasteiger partial charge in [-0.15, -0.1) is 11.3 Å². The molecule has 0 fully saturated rings. The van der Waals surface area contributed by atoms with Gasteiger partial charge in [0.05, 0.1) is 0 Å². The Labute approximate surface area is 169 Å². The Morgan fingerprint density at radius 3 is 2.18 bits per heavy atom. The van der Waals surface area contributed by atoms with Gasteiger partial charge in [0.2, 0.25) is 5.91 Å². The highest BCUT2D eigenvalue weighted by atomic mass is 32.3. The second-order valence-corrected chi connectivity index (χ2v) is 9.32. The smallest absolute Gasteiger partial charge is 0.348 e. The van der Waals surface area contributed by atoms with E-state index in [2.05, 4.69) is 5.32 Å². The molecule has 28 heavy (non-hydrogen) atoms. The molecular weight excluding hydrogens is 394 g/mol. The summed E-state index contributed by atoms with van der Waals surface area (Å²) in [4.78, 5) is 11.8. The zero-order valence-electron chi connectivity index (χ0n) is 15.6. The van der Waals surface area contributed by atoms with Crippen molar-refractivity contribution in [2.45, 2.75) is 24.5 Å². The highest BCUT2D eigenvalue weighted by molar-refractivity contribution is 7.89. The first kappa shape index (κ1) is 20.1. The van der Waals surface area contributed by atoms with Crippen molar-refractivity contribution in [2.24, 2.45) is 0 Å². The van der Waals surface area contributed by atoms with E-state index in [0.29, 0.717) is 13.0 Å². The summed E-state index contributed by atoms with van der Waals surface area (Å²) in [7, 11) is -3.89. The minimum absolute atomic E-state index is 0.109. The van der Waals surface area contributed by atoms with Crippen LogP contribution < -0.4 is 9.50 Å². The summed E-state index contributed by atoms with van der Waals surface area (Å²) in [5.74, 6) is 0.158. The van der Waals surface area contributed by atoms with Crippen LogP contribution in [0.15, 0.2) is 64.9 Å². The molecule has 1 heterocycles. The quantitative estimate of drug-likeness (QED) is 0.588. The Morgan fingerprint density at radius 2 is 1.57 bits per heavy atom. The van der Waals surface area contributed by atoms with E-state index in [0.717, 1.165) is 27.3 Å². The van der Waals surface area contributed by atoms with Crippen molar-refractivity contribution in [1.82, 2.24) is 5.32 Å². The van der Waals surface area contributed by atoms with Gasteiger partial charge in [0.25, 0.3) is 0 Å². The lowest BCUT2D eigenvalue weighted by Crippen LogP contribution is -2.22. The molecule has 146 valence electrons. The van der Waals surface area contributed by atoms with Gasteiger partial charge < -0.3 is 9.50 Å². The van der Waals surface area contributed by atoms with Crippen LogP contribution in [0.2, 0.25) is 0 Å². The molecule has 3 aromatic rings. The van der Waals surface area contributed by atoms with Gasteiger partial charge in [0, 0.05) is 18.3 Å². The van der Waals surface area contributed by atoms with Crippen molar-refractivity contribution >= 4 is 27.4 Å². The maximum absolute atomic E-state index is 12.5. The number of aryl methyl sites for hydroxylation is 1. The van der Waals surface area contributed by atoms with E-state index < -0.39 is 10.1 Å². The van der Waals surface area contributed by atoms with Crippen molar-refractivity contribution in [3.05, 3.63) is 71.1 Å². The van der Waals surface area contributed by atoms with Gasteiger partial charge in [-0.3, -0.25) is 4.79 Å². The Kier molecular flexibility index (Phi) is 6.16. The average Bonchev–Trinajstić information content (AvgIpc) is 3.12. The molecule has 1 aromatic heterocycles. The van der Waals surface area contributed by atoms with Crippen molar-refractivity contribution in [3.8, 4) is 16.9 Å². The number of hydrogen-bond acceptors (Lipinski definition) is 5. The molecule has 2 aromatic carbocycles. The molecule has 0 aliphatic heterocycles. The summed E-state index contributed by atoms with van der Waals surface area (Å²) in [6.45, 7) is 3.94. The maximum Gasteiger partial charge on any atom is 0.348 e. The second kappa shape index (κ2) is 8.58. The highest BCUT2D eigenvalue weighted by Crippen LogP contribution is 2.27. The van der Waals surface area contributed by atoms with Crippen LogP contribution in [0.25, 0.3) is 11.1 Å². The lowest BCUT2D eigenvalue weighted by atomic mass is 10.0. The zero-order valence-corrected chi connectivity index (χ0v) is 17.3. The van der Waals surface area contributed by atoms with E-state index in [4.69, 9.17) is 4.18 Å². The number of rotatable bonds is 7. The van der Waals surface area contributed by atoms with Gasteiger partial charge in [-0.1, -0.05) is 42.0 Å². The molecule has 5 nitrogen and oxygen atoms in total. The summed E-state index contributed by atoms with van der Waals surface area (Å²) in [5.41, 5.74) is 3.23. The fraction of sp³-hybridized carbons (Fsp3) is 0.190. The largest absolute Gasteiger partial charge is 0.378 e. The van der Waals surface area contributed by atoms with Crippen LogP contribution in [-0.2, 0) is 21.3 Å². The van der Waals surface area contributed by atoms with Gasteiger partial charge in [-0.25, -0.2) is 0 Å². The van der Waals surface area contributed by atoms with Gasteiger partial charge in [-0.05, 0) is 48.7 Å². The molecule has 0 unspecified atom stereocenters. The zero-order chi connectivity index (χ0) is 20.1. The van der Waals surface area contributed by atoms with Gasteiger partial charge in [0.15, 0.2) is 4.21 Å². The number of thiophene rings is 1. The molecule has 0 saturated heterocycles. The minimum Gasteiger partial charge on any atom is -0.378 e. The maximum atomic E-state index is 12.5. The topological polar surface area (TPSA) is 72.5 Å². The van der Waals surface area contributed by atoms with Crippen LogP contribution in [0.4, 0.5) is 0 Å². The van der Waals surface area contributed by atoms with E-state index in [9.17, 15) is 13.2 Å². The third-order valence-corrected chi connectivity index (χ3v) is 6.92. The Balaban J connectivity index is 1.67. The second-order valence-electron chi connectivity index (χ2n) is 6.38. The minimum atomic E-state index is -3.89. The molecule has 7 heteroatoms. The summed E-state index contributed by atoms with van der Waals surface area (Å²) in [5, 5.41) is 2.69. The van der Waals surface area contributed by atoms with E-state index in [1.807, 2.05) is 43.3 Å². The van der Waals surface area contributed by atoms with Crippen molar-refractivity contribution < 1.29 is 17.4 Å². The summed E-state index contributed by atoms with van der Waals surface area (Å²) < 4.78 is 30.4. The monoisotopic (exact) mass is 415 g/mol. The van der Waals surface area contributed by atoms with Crippen LogP contribution >= 0.6 is 11.3 Å². The number of hydrogen-bond donors (Lipinski definition) is 1. The molecule has 0 aliphatic rings. The van der Waals surface area contributed by atoms with Crippen molar-refractivity contribution in [1.29, 1.82) is 0 Å². The van der Waals surface area contributed by atoms with Crippen molar-refractivity contribution in [3.63, 3.8) is 0 Å². The standard InChI is InChI=1S/C21H21NO4S2/c1-15-3-5-17(6-4-15)18-7-9-19(10-8-18)26-28(24,25)21-12-11-20(27-21)13-14-22-16(2)23/h3-12H,13-14H2,1-2H3,(H,22,23). The molecule has 0 atom stereocenters. The molecule has 0 aliphatic carbocycles. The van der Waals surface area contributed by atoms with Crippen LogP contribution in [-0.4, -0.2) is 20.9 Å². The molecule has 0 spiro atoms. The first-order chi connectivity index (χ1) is 13.3. The van der Waals surface area contributed by atoms with E-state index >= 15 is 0 Å². The molecule has 1 N–H and O–H groups in total. The Morgan fingerprint density at radius 1 is 0.964 bits per heavy atom. The highest BCUT2D eigenvalue weighted by Gasteiger charge is 2.19. The van der Waals surface area contributed by atoms with Gasteiger partial charge in [0.1, 0.15) is 5.75 Å². The number of amides is 1. The summed E-state index contributed by atoms with van der Waals surface area (Å²) in [6.07, 6.45) is 0.574. The molecule has 0 saturated carbocycles. The van der Waals surface area contributed by atoms with E-state index in [-0.39, 0.29) is 15.9 Å². The molecule has 0 bridgehead atoms. The SMILES string of the molecule is CC(=O)NCCc1ccc(S(=O)(=O)Oc2ccc(-c3ccc(C)cc3)cc2)s1. The van der Waals surface area contributed by atoms with Crippen LogP contribution in [0.5, 0.6) is 5.75 Å². The van der Waals surface area contributed by atoms with Crippen molar-refractivity contribution in [2.75, 3.05) is 6.54 Å². The van der Waals surface area contributed by atoms with Gasteiger partial charge in [-0.2, -0.15) is 8.42 Å². The lowest BCUT2D eigenvalue weighted by molar-refractivity contribution is -0.118. The molecular formula is C21H21NO4S2. The number of benzene rings is 2. The van der Waals surface area contributed by atoms with E-state index in [1.54, 1.807) is 18.2 Å².